The van der Waals surface area contributed by atoms with Gasteiger partial charge in [0.25, 0.3) is 0 Å². The van der Waals surface area contributed by atoms with E-state index in [-0.39, 0.29) is 34.7 Å². The lowest BCUT2D eigenvalue weighted by atomic mass is 9.66. The first kappa shape index (κ1) is 31.1. The molecule has 0 saturated heterocycles. The van der Waals surface area contributed by atoms with Gasteiger partial charge in [-0.25, -0.2) is 9.59 Å². The maximum Gasteiger partial charge on any atom is 0.416 e. The molecule has 0 spiro atoms. The van der Waals surface area contributed by atoms with Crippen molar-refractivity contribution in [3.05, 3.63) is 112 Å². The van der Waals surface area contributed by atoms with Gasteiger partial charge in [-0.2, -0.15) is 13.2 Å². The Kier molecular flexibility index (Phi) is 9.13. The van der Waals surface area contributed by atoms with E-state index >= 15 is 0 Å². The summed E-state index contributed by atoms with van der Waals surface area (Å²) < 4.78 is 58.7. The average Bonchev–Trinajstić information content (AvgIpc) is 2.99. The van der Waals surface area contributed by atoms with Crippen LogP contribution < -0.4 is 5.32 Å². The number of carbonyl (C=O) groups is 3. The summed E-state index contributed by atoms with van der Waals surface area (Å²) in [6.07, 6.45) is -5.91. The summed E-state index contributed by atoms with van der Waals surface area (Å²) in [5.74, 6) is -4.41. The maximum atomic E-state index is 14.2. The fourth-order valence-corrected chi connectivity index (χ4v) is 5.15. The van der Waals surface area contributed by atoms with Gasteiger partial charge in [0.2, 0.25) is 0 Å². The zero-order chi connectivity index (χ0) is 31.4. The van der Waals surface area contributed by atoms with Gasteiger partial charge in [0.05, 0.1) is 23.7 Å². The summed E-state index contributed by atoms with van der Waals surface area (Å²) in [5, 5.41) is 13.0. The third kappa shape index (κ3) is 6.50. The third-order valence-corrected chi connectivity index (χ3v) is 7.41. The van der Waals surface area contributed by atoms with E-state index in [1.807, 2.05) is 0 Å². The molecule has 226 valence electrons. The number of esters is 3. The zero-order valence-corrected chi connectivity index (χ0v) is 23.6. The Morgan fingerprint density at radius 1 is 0.977 bits per heavy atom. The molecule has 3 aromatic carbocycles. The molecule has 3 unspecified atom stereocenters. The van der Waals surface area contributed by atoms with Gasteiger partial charge in [-0.3, -0.25) is 4.79 Å². The molecule has 0 bridgehead atoms. The highest BCUT2D eigenvalue weighted by Gasteiger charge is 2.52. The summed E-state index contributed by atoms with van der Waals surface area (Å²) >= 11 is 0. The van der Waals surface area contributed by atoms with E-state index in [9.17, 15) is 32.7 Å². The topological polar surface area (TPSA) is 111 Å². The minimum Gasteiger partial charge on any atom is -0.507 e. The monoisotopic (exact) mass is 597 g/mol. The number of benzene rings is 3. The number of allylic oxidation sites excluding steroid dienone is 1. The number of methoxy groups -OCH3 is 1. The van der Waals surface area contributed by atoms with Crippen LogP contribution in [0.5, 0.6) is 5.75 Å². The van der Waals surface area contributed by atoms with Crippen molar-refractivity contribution >= 4 is 17.9 Å². The fraction of sp³-hybridized carbons (Fsp3) is 0.281. The number of nitrogens with one attached hydrogen (secondary N) is 1. The summed E-state index contributed by atoms with van der Waals surface area (Å²) in [7, 11) is 1.10. The van der Waals surface area contributed by atoms with Crippen molar-refractivity contribution in [3.63, 3.8) is 0 Å². The number of aromatic hydroxyl groups is 1. The Morgan fingerprint density at radius 3 is 2.26 bits per heavy atom. The van der Waals surface area contributed by atoms with Crippen molar-refractivity contribution in [1.29, 1.82) is 0 Å². The second-order valence-corrected chi connectivity index (χ2v) is 10.2. The van der Waals surface area contributed by atoms with E-state index in [4.69, 9.17) is 14.2 Å². The quantitative estimate of drug-likeness (QED) is 0.252. The summed E-state index contributed by atoms with van der Waals surface area (Å²) in [6, 6.07) is 18.9. The predicted octanol–water partition coefficient (Wildman–Crippen LogP) is 5.69. The molecule has 43 heavy (non-hydrogen) atoms. The smallest absolute Gasteiger partial charge is 0.416 e. The Morgan fingerprint density at radius 2 is 1.60 bits per heavy atom. The molecule has 0 radical (unpaired) electrons. The van der Waals surface area contributed by atoms with Crippen LogP contribution in [0.25, 0.3) is 0 Å². The first-order chi connectivity index (χ1) is 20.4. The average molecular weight is 598 g/mol. The molecule has 1 aliphatic rings. The largest absolute Gasteiger partial charge is 0.507 e. The van der Waals surface area contributed by atoms with Crippen molar-refractivity contribution in [1.82, 2.24) is 5.32 Å². The van der Waals surface area contributed by atoms with Gasteiger partial charge in [0.15, 0.2) is 6.10 Å². The number of alkyl halides is 3. The minimum atomic E-state index is -4.78. The van der Waals surface area contributed by atoms with Gasteiger partial charge >= 0.3 is 24.1 Å². The molecule has 3 aromatic rings. The molecular weight excluding hydrogens is 567 g/mol. The Bertz CT molecular complexity index is 1540. The number of carbonyl (C=O) groups excluding carboxylic acids is 3. The van der Waals surface area contributed by atoms with E-state index in [1.54, 1.807) is 30.3 Å². The second-order valence-electron chi connectivity index (χ2n) is 10.2. The molecule has 0 saturated carbocycles. The number of phenolic OH excluding ortho intramolecular Hbond substituents is 1. The first-order valence-corrected chi connectivity index (χ1v) is 13.3. The van der Waals surface area contributed by atoms with Gasteiger partial charge < -0.3 is 24.6 Å². The fourth-order valence-electron chi connectivity index (χ4n) is 5.15. The molecule has 11 heteroatoms. The molecule has 0 aromatic heterocycles. The summed E-state index contributed by atoms with van der Waals surface area (Å²) in [5.41, 5.74) is -2.54. The molecule has 0 amide bonds. The van der Waals surface area contributed by atoms with E-state index in [2.05, 4.69) is 5.32 Å². The van der Waals surface area contributed by atoms with Crippen LogP contribution in [-0.4, -0.2) is 43.3 Å². The molecule has 2 N–H and O–H groups in total. The third-order valence-electron chi connectivity index (χ3n) is 7.41. The van der Waals surface area contributed by atoms with Gasteiger partial charge in [-0.1, -0.05) is 60.7 Å². The minimum absolute atomic E-state index is 0.106. The van der Waals surface area contributed by atoms with Crippen molar-refractivity contribution in [2.45, 2.75) is 32.0 Å². The number of para-hydroxylation sites is 1. The van der Waals surface area contributed by atoms with Crippen LogP contribution in [-0.2, 0) is 30.0 Å². The molecule has 3 atom stereocenters. The van der Waals surface area contributed by atoms with Crippen LogP contribution in [0.1, 0.15) is 52.9 Å². The number of halogens is 3. The SMILES string of the molecule is COC(=O)C1=C(C)NCC(C)(C(=O)OCC(OC(=O)c2ccccc2O)c2ccccc2)C1c1ccccc1C(F)(F)F. The van der Waals surface area contributed by atoms with E-state index in [0.717, 1.165) is 13.2 Å². The van der Waals surface area contributed by atoms with E-state index < -0.39 is 53.7 Å². The van der Waals surface area contributed by atoms with Crippen molar-refractivity contribution in [3.8, 4) is 5.75 Å². The van der Waals surface area contributed by atoms with E-state index in [0.29, 0.717) is 5.56 Å². The predicted molar refractivity (Wildman–Crippen MR) is 149 cm³/mol. The van der Waals surface area contributed by atoms with Gasteiger partial charge in [-0.15, -0.1) is 0 Å². The Hall–Kier alpha value is -4.80. The van der Waals surface area contributed by atoms with Crippen LogP contribution in [0.4, 0.5) is 13.2 Å². The highest BCUT2D eigenvalue weighted by molar-refractivity contribution is 5.94. The van der Waals surface area contributed by atoms with Crippen LogP contribution in [0.15, 0.2) is 90.1 Å². The van der Waals surface area contributed by atoms with Crippen molar-refractivity contribution in [2.75, 3.05) is 20.3 Å². The molecule has 0 fully saturated rings. The first-order valence-electron chi connectivity index (χ1n) is 13.3. The highest BCUT2D eigenvalue weighted by Crippen LogP contribution is 2.49. The standard InChI is InChI=1S/C32H30F3NO7/c1-19-26(29(39)41-3)27(21-13-7-9-15-23(21)32(33,34)35)31(2,18-36-19)30(40)42-17-25(20-11-5-4-6-12-20)43-28(38)22-14-8-10-16-24(22)37/h4-16,25,27,36-37H,17-18H2,1-3H3. The van der Waals surface area contributed by atoms with Gasteiger partial charge in [0.1, 0.15) is 17.9 Å². The summed E-state index contributed by atoms with van der Waals surface area (Å²) in [6.45, 7) is 2.26. The van der Waals surface area contributed by atoms with Crippen molar-refractivity contribution in [2.24, 2.45) is 5.41 Å². The van der Waals surface area contributed by atoms with Crippen molar-refractivity contribution < 1.29 is 46.9 Å². The second kappa shape index (κ2) is 12.6. The number of phenols is 1. The van der Waals surface area contributed by atoms with Crippen LogP contribution in [0.3, 0.4) is 0 Å². The number of ether oxygens (including phenoxy) is 3. The van der Waals surface area contributed by atoms with Gasteiger partial charge in [-0.05, 0) is 43.2 Å². The molecule has 1 aliphatic heterocycles. The van der Waals surface area contributed by atoms with Crippen LogP contribution >= 0.6 is 0 Å². The molecular formula is C32H30F3NO7. The number of hydrogen-bond donors (Lipinski definition) is 2. The molecule has 1 heterocycles. The maximum absolute atomic E-state index is 14.2. The number of rotatable bonds is 8. The lowest BCUT2D eigenvalue weighted by molar-refractivity contribution is -0.160. The normalized spacial score (nSPS) is 19.2. The van der Waals surface area contributed by atoms with Gasteiger partial charge in [0, 0.05) is 18.2 Å². The van der Waals surface area contributed by atoms with Crippen LogP contribution in [0, 0.1) is 5.41 Å². The molecule has 8 nitrogen and oxygen atoms in total. The summed E-state index contributed by atoms with van der Waals surface area (Å²) in [4.78, 5) is 39.7. The highest BCUT2D eigenvalue weighted by atomic mass is 19.4. The lowest BCUT2D eigenvalue weighted by Crippen LogP contribution is -2.50. The molecule has 4 rings (SSSR count). The number of hydrogen-bond acceptors (Lipinski definition) is 8. The van der Waals surface area contributed by atoms with Crippen LogP contribution in [0.2, 0.25) is 0 Å². The zero-order valence-electron chi connectivity index (χ0n) is 23.6. The molecule has 0 aliphatic carbocycles. The van der Waals surface area contributed by atoms with E-state index in [1.165, 1.54) is 56.3 Å². The lowest BCUT2D eigenvalue weighted by Gasteiger charge is -2.42. The Balaban J connectivity index is 1.70. The Labute approximate surface area is 246 Å².